The van der Waals surface area contributed by atoms with Crippen LogP contribution in [0.2, 0.25) is 0 Å². The lowest BCUT2D eigenvalue weighted by atomic mass is 9.95. The van der Waals surface area contributed by atoms with Crippen molar-refractivity contribution in [2.45, 2.75) is 32.3 Å². The van der Waals surface area contributed by atoms with E-state index in [0.717, 1.165) is 6.42 Å². The zero-order valence-electron chi connectivity index (χ0n) is 11.1. The summed E-state index contributed by atoms with van der Waals surface area (Å²) in [5.74, 6) is -0.00457. The number of methoxy groups -OCH3 is 1. The van der Waals surface area contributed by atoms with Crippen LogP contribution in [0.25, 0.3) is 0 Å². The highest BCUT2D eigenvalue weighted by molar-refractivity contribution is 5.80. The van der Waals surface area contributed by atoms with Gasteiger partial charge in [-0.15, -0.1) is 0 Å². The van der Waals surface area contributed by atoms with E-state index in [2.05, 4.69) is 0 Å². The Hall–Kier alpha value is -1.10. The summed E-state index contributed by atoms with van der Waals surface area (Å²) < 4.78 is 10.2. The first kappa shape index (κ1) is 13.3. The highest BCUT2D eigenvalue weighted by Crippen LogP contribution is 2.25. The van der Waals surface area contributed by atoms with Crippen molar-refractivity contribution in [3.63, 3.8) is 0 Å². The molecule has 0 aliphatic carbocycles. The van der Waals surface area contributed by atoms with E-state index < -0.39 is 0 Å². The van der Waals surface area contributed by atoms with Gasteiger partial charge in [0.25, 0.3) is 0 Å². The van der Waals surface area contributed by atoms with Crippen molar-refractivity contribution in [3.05, 3.63) is 0 Å². The highest BCUT2D eigenvalue weighted by Gasteiger charge is 2.34. The number of hydrogen-bond donors (Lipinski definition) is 0. The molecule has 0 aromatic rings. The van der Waals surface area contributed by atoms with Gasteiger partial charge in [-0.3, -0.25) is 9.59 Å². The number of carbonyl (C=O) groups is 2. The SMILES string of the molecule is COC(=O)C1CCN(C(=O)C2COC(C)C2)CC1. The first-order valence-corrected chi connectivity index (χ1v) is 6.60. The van der Waals surface area contributed by atoms with E-state index in [-0.39, 0.29) is 29.8 Å². The molecule has 18 heavy (non-hydrogen) atoms. The number of amides is 1. The fourth-order valence-electron chi connectivity index (χ4n) is 2.75. The Morgan fingerprint density at radius 3 is 2.39 bits per heavy atom. The fourth-order valence-corrected chi connectivity index (χ4v) is 2.75. The Bertz CT molecular complexity index is 323. The van der Waals surface area contributed by atoms with Crippen LogP contribution in [0.5, 0.6) is 0 Å². The third-order valence-electron chi connectivity index (χ3n) is 3.89. The molecule has 0 N–H and O–H groups in total. The summed E-state index contributed by atoms with van der Waals surface area (Å²) in [6.07, 6.45) is 2.42. The standard InChI is InChI=1S/C13H21NO4/c1-9-7-11(8-18-9)12(15)14-5-3-10(4-6-14)13(16)17-2/h9-11H,3-8H2,1-2H3. The van der Waals surface area contributed by atoms with Crippen molar-refractivity contribution in [2.75, 3.05) is 26.8 Å². The summed E-state index contributed by atoms with van der Waals surface area (Å²) in [7, 11) is 1.41. The van der Waals surface area contributed by atoms with E-state index in [1.165, 1.54) is 7.11 Å². The van der Waals surface area contributed by atoms with E-state index in [1.54, 1.807) is 0 Å². The van der Waals surface area contributed by atoms with Gasteiger partial charge in [-0.05, 0) is 26.2 Å². The van der Waals surface area contributed by atoms with Gasteiger partial charge in [0.2, 0.25) is 5.91 Å². The van der Waals surface area contributed by atoms with Crippen LogP contribution in [0.1, 0.15) is 26.2 Å². The maximum atomic E-state index is 12.2. The van der Waals surface area contributed by atoms with Crippen molar-refractivity contribution in [1.29, 1.82) is 0 Å². The average Bonchev–Trinajstić information content (AvgIpc) is 2.84. The van der Waals surface area contributed by atoms with Gasteiger partial charge in [0, 0.05) is 13.1 Å². The quantitative estimate of drug-likeness (QED) is 0.686. The second kappa shape index (κ2) is 5.69. The van der Waals surface area contributed by atoms with Crippen LogP contribution in [0.4, 0.5) is 0 Å². The predicted octanol–water partition coefficient (Wildman–Crippen LogP) is 0.823. The molecule has 0 aromatic carbocycles. The first-order chi connectivity index (χ1) is 8.61. The lowest BCUT2D eigenvalue weighted by molar-refractivity contribution is -0.149. The van der Waals surface area contributed by atoms with Gasteiger partial charge in [-0.1, -0.05) is 0 Å². The number of carbonyl (C=O) groups excluding carboxylic acids is 2. The van der Waals surface area contributed by atoms with Gasteiger partial charge in [0.15, 0.2) is 0 Å². The Balaban J connectivity index is 1.82. The van der Waals surface area contributed by atoms with Crippen molar-refractivity contribution in [3.8, 4) is 0 Å². The van der Waals surface area contributed by atoms with Crippen LogP contribution in [0.15, 0.2) is 0 Å². The average molecular weight is 255 g/mol. The topological polar surface area (TPSA) is 55.8 Å². The molecule has 2 aliphatic rings. The lowest BCUT2D eigenvalue weighted by Crippen LogP contribution is -2.43. The van der Waals surface area contributed by atoms with Gasteiger partial charge in [-0.25, -0.2) is 0 Å². The summed E-state index contributed by atoms with van der Waals surface area (Å²) in [5, 5.41) is 0. The highest BCUT2D eigenvalue weighted by atomic mass is 16.5. The Labute approximate surface area is 107 Å². The molecule has 5 nitrogen and oxygen atoms in total. The van der Waals surface area contributed by atoms with Crippen LogP contribution in [-0.2, 0) is 19.1 Å². The molecule has 1 amide bonds. The number of piperidine rings is 1. The molecule has 2 fully saturated rings. The second-order valence-electron chi connectivity index (χ2n) is 5.20. The summed E-state index contributed by atoms with van der Waals surface area (Å²) in [6, 6.07) is 0. The molecule has 2 rings (SSSR count). The maximum Gasteiger partial charge on any atom is 0.308 e. The van der Waals surface area contributed by atoms with E-state index >= 15 is 0 Å². The molecule has 0 aromatic heterocycles. The molecule has 2 atom stereocenters. The number of likely N-dealkylation sites (tertiary alicyclic amines) is 1. The molecule has 102 valence electrons. The smallest absolute Gasteiger partial charge is 0.308 e. The third-order valence-corrected chi connectivity index (χ3v) is 3.89. The fraction of sp³-hybridized carbons (Fsp3) is 0.846. The van der Waals surface area contributed by atoms with Crippen LogP contribution in [0, 0.1) is 11.8 Å². The molecule has 2 heterocycles. The summed E-state index contributed by atoms with van der Waals surface area (Å²) >= 11 is 0. The zero-order valence-corrected chi connectivity index (χ0v) is 11.1. The van der Waals surface area contributed by atoms with Gasteiger partial charge in [-0.2, -0.15) is 0 Å². The Morgan fingerprint density at radius 2 is 1.89 bits per heavy atom. The van der Waals surface area contributed by atoms with Crippen LogP contribution in [0.3, 0.4) is 0 Å². The number of rotatable bonds is 2. The molecule has 0 saturated carbocycles. The number of ether oxygens (including phenoxy) is 2. The minimum atomic E-state index is -0.153. The maximum absolute atomic E-state index is 12.2. The molecule has 0 radical (unpaired) electrons. The molecule has 2 saturated heterocycles. The van der Waals surface area contributed by atoms with E-state index in [9.17, 15) is 9.59 Å². The van der Waals surface area contributed by atoms with Gasteiger partial charge >= 0.3 is 5.97 Å². The normalized spacial score (nSPS) is 29.3. The molecular weight excluding hydrogens is 234 g/mol. The number of esters is 1. The van der Waals surface area contributed by atoms with Gasteiger partial charge < -0.3 is 14.4 Å². The molecule has 2 unspecified atom stereocenters. The predicted molar refractivity (Wildman–Crippen MR) is 64.8 cm³/mol. The molecule has 5 heteroatoms. The minimum absolute atomic E-state index is 0.00896. The lowest BCUT2D eigenvalue weighted by Gasteiger charge is -2.32. The monoisotopic (exact) mass is 255 g/mol. The number of nitrogens with zero attached hydrogens (tertiary/aromatic N) is 1. The van der Waals surface area contributed by atoms with Crippen molar-refractivity contribution in [2.24, 2.45) is 11.8 Å². The summed E-state index contributed by atoms with van der Waals surface area (Å²) in [5.41, 5.74) is 0. The van der Waals surface area contributed by atoms with Crippen molar-refractivity contribution in [1.82, 2.24) is 4.90 Å². The first-order valence-electron chi connectivity index (χ1n) is 6.60. The third kappa shape index (κ3) is 2.83. The molecule has 2 aliphatic heterocycles. The second-order valence-corrected chi connectivity index (χ2v) is 5.20. The van der Waals surface area contributed by atoms with Crippen molar-refractivity contribution < 1.29 is 19.1 Å². The van der Waals surface area contributed by atoms with Crippen LogP contribution < -0.4 is 0 Å². The largest absolute Gasteiger partial charge is 0.469 e. The van der Waals surface area contributed by atoms with E-state index in [1.807, 2.05) is 11.8 Å². The van der Waals surface area contributed by atoms with E-state index in [0.29, 0.717) is 32.5 Å². The zero-order chi connectivity index (χ0) is 13.1. The molecular formula is C13H21NO4. The van der Waals surface area contributed by atoms with Gasteiger partial charge in [0.1, 0.15) is 0 Å². The summed E-state index contributed by atoms with van der Waals surface area (Å²) in [4.78, 5) is 25.5. The Morgan fingerprint density at radius 1 is 1.22 bits per heavy atom. The number of hydrogen-bond acceptors (Lipinski definition) is 4. The van der Waals surface area contributed by atoms with Crippen LogP contribution >= 0.6 is 0 Å². The van der Waals surface area contributed by atoms with Crippen molar-refractivity contribution >= 4 is 11.9 Å². The van der Waals surface area contributed by atoms with Crippen LogP contribution in [-0.4, -0.2) is 49.7 Å². The molecule has 0 bridgehead atoms. The Kier molecular flexibility index (Phi) is 4.22. The molecule has 0 spiro atoms. The van der Waals surface area contributed by atoms with Gasteiger partial charge in [0.05, 0.1) is 31.7 Å². The summed E-state index contributed by atoms with van der Waals surface area (Å²) in [6.45, 7) is 3.85. The van der Waals surface area contributed by atoms with E-state index in [4.69, 9.17) is 9.47 Å². The minimum Gasteiger partial charge on any atom is -0.469 e.